The molecule has 2 saturated heterocycles. The van der Waals surface area contributed by atoms with Crippen molar-refractivity contribution < 1.29 is 14.2 Å². The molecule has 2 fully saturated rings. The van der Waals surface area contributed by atoms with Crippen molar-refractivity contribution in [3.63, 3.8) is 0 Å². The number of imidazole rings is 1. The largest absolute Gasteiger partial charge is 0.341 e. The molecular formula is C21H21N5O3. The van der Waals surface area contributed by atoms with Crippen molar-refractivity contribution in [2.75, 3.05) is 0 Å². The Morgan fingerprint density at radius 1 is 1.14 bits per heavy atom. The molecule has 8 heteroatoms. The van der Waals surface area contributed by atoms with Crippen molar-refractivity contribution in [1.29, 1.82) is 0 Å². The van der Waals surface area contributed by atoms with Crippen molar-refractivity contribution in [3.8, 4) is 12.3 Å². The summed E-state index contributed by atoms with van der Waals surface area (Å²) in [7, 11) is 0. The molecular weight excluding hydrogens is 370 g/mol. The monoisotopic (exact) mass is 391 g/mol. The fourth-order valence-electron chi connectivity index (χ4n) is 4.04. The second-order valence-electron chi connectivity index (χ2n) is 7.65. The van der Waals surface area contributed by atoms with Gasteiger partial charge < -0.3 is 19.9 Å². The minimum absolute atomic E-state index is 0.356. The number of hydrogen-bond acceptors (Lipinski definition) is 7. The molecule has 3 aromatic rings. The quantitative estimate of drug-likeness (QED) is 0.681. The highest BCUT2D eigenvalue weighted by molar-refractivity contribution is 5.74. The van der Waals surface area contributed by atoms with Crippen molar-refractivity contribution in [1.82, 2.24) is 19.5 Å². The first-order chi connectivity index (χ1) is 14.0. The van der Waals surface area contributed by atoms with E-state index in [1.165, 1.54) is 6.33 Å². The van der Waals surface area contributed by atoms with Crippen LogP contribution < -0.4 is 5.73 Å². The molecule has 5 atom stereocenters. The van der Waals surface area contributed by atoms with Gasteiger partial charge in [-0.2, -0.15) is 0 Å². The van der Waals surface area contributed by atoms with Crippen molar-refractivity contribution >= 4 is 11.2 Å². The molecule has 0 amide bonds. The van der Waals surface area contributed by atoms with Crippen LogP contribution in [-0.2, 0) is 14.2 Å². The number of nitrogens with zero attached hydrogens (tertiary/aromatic N) is 4. The second-order valence-corrected chi connectivity index (χ2v) is 7.65. The molecule has 1 aromatic carbocycles. The van der Waals surface area contributed by atoms with Crippen molar-refractivity contribution in [2.24, 2.45) is 5.73 Å². The summed E-state index contributed by atoms with van der Waals surface area (Å²) in [5, 5.41) is 0. The maximum Gasteiger partial charge on any atom is 0.167 e. The molecule has 0 bridgehead atoms. The van der Waals surface area contributed by atoms with Gasteiger partial charge in [-0.1, -0.05) is 36.3 Å². The number of ether oxygens (including phenoxy) is 3. The average Bonchev–Trinajstić information content (AvgIpc) is 3.38. The van der Waals surface area contributed by atoms with Gasteiger partial charge in [0.05, 0.1) is 18.1 Å². The Bertz CT molecular complexity index is 1090. The summed E-state index contributed by atoms with van der Waals surface area (Å²) in [6.45, 7) is 3.72. The van der Waals surface area contributed by atoms with Gasteiger partial charge in [-0.05, 0) is 19.4 Å². The Morgan fingerprint density at radius 2 is 1.90 bits per heavy atom. The number of benzene rings is 1. The minimum Gasteiger partial charge on any atom is -0.341 e. The van der Waals surface area contributed by atoms with Gasteiger partial charge in [0.1, 0.15) is 30.2 Å². The van der Waals surface area contributed by atoms with Crippen LogP contribution in [0.5, 0.6) is 0 Å². The number of terminal acetylenes is 1. The molecule has 4 heterocycles. The van der Waals surface area contributed by atoms with Crippen molar-refractivity contribution in [3.05, 3.63) is 54.2 Å². The average molecular weight is 391 g/mol. The van der Waals surface area contributed by atoms with Crippen LogP contribution in [0.4, 0.5) is 0 Å². The summed E-state index contributed by atoms with van der Waals surface area (Å²) in [6.07, 6.45) is 7.05. The molecule has 0 spiro atoms. The highest BCUT2D eigenvalue weighted by atomic mass is 16.8. The fraction of sp³-hybridized carbons (Fsp3) is 0.381. The van der Waals surface area contributed by atoms with E-state index in [9.17, 15) is 0 Å². The Kier molecular flexibility index (Phi) is 4.15. The zero-order valence-electron chi connectivity index (χ0n) is 16.1. The van der Waals surface area contributed by atoms with Crippen LogP contribution in [0.15, 0.2) is 43.0 Å². The molecule has 5 rings (SSSR count). The van der Waals surface area contributed by atoms with Crippen LogP contribution in [0, 0.1) is 12.3 Å². The number of aromatic nitrogens is 4. The van der Waals surface area contributed by atoms with Crippen LogP contribution >= 0.6 is 0 Å². The summed E-state index contributed by atoms with van der Waals surface area (Å²) in [4.78, 5) is 13.4. The third-order valence-electron chi connectivity index (χ3n) is 5.31. The molecule has 0 saturated carbocycles. The van der Waals surface area contributed by atoms with E-state index >= 15 is 0 Å². The summed E-state index contributed by atoms with van der Waals surface area (Å²) >= 11 is 0. The fourth-order valence-corrected chi connectivity index (χ4v) is 4.04. The molecule has 2 N–H and O–H groups in total. The lowest BCUT2D eigenvalue weighted by atomic mass is 10.0. The van der Waals surface area contributed by atoms with E-state index in [2.05, 4.69) is 20.9 Å². The van der Waals surface area contributed by atoms with E-state index in [0.29, 0.717) is 16.9 Å². The second kappa shape index (κ2) is 6.61. The van der Waals surface area contributed by atoms with Gasteiger partial charge >= 0.3 is 0 Å². The number of fused-ring (bicyclic) bond motifs is 2. The third kappa shape index (κ3) is 2.91. The van der Waals surface area contributed by atoms with E-state index in [1.54, 1.807) is 6.33 Å². The van der Waals surface area contributed by atoms with Gasteiger partial charge in [-0.25, -0.2) is 15.0 Å². The maximum absolute atomic E-state index is 6.47. The number of rotatable bonds is 3. The summed E-state index contributed by atoms with van der Waals surface area (Å²) in [6, 6.07) is 9.33. The smallest absolute Gasteiger partial charge is 0.167 e. The normalized spacial score (nSPS) is 28.9. The summed E-state index contributed by atoms with van der Waals surface area (Å²) < 4.78 is 19.9. The zero-order chi connectivity index (χ0) is 20.2. The standard InChI is InChI=1S/C21H21N5O3/c1-4-13-17-18(29-21(2,3)28-17)20(27-13)26-11-25-16-15(23-10-24-19(16)26)14(22)12-8-6-5-7-9-12/h1,5-11,13-14,17-18,20H,22H2,2-3H3/t13-,14?,17-,18-,20-/m1/s1. The van der Waals surface area contributed by atoms with Gasteiger partial charge in [-0.15, -0.1) is 6.42 Å². The highest BCUT2D eigenvalue weighted by Gasteiger charge is 2.55. The highest BCUT2D eigenvalue weighted by Crippen LogP contribution is 2.43. The van der Waals surface area contributed by atoms with Gasteiger partial charge in [0.2, 0.25) is 0 Å². The molecule has 2 aliphatic heterocycles. The Morgan fingerprint density at radius 3 is 2.66 bits per heavy atom. The van der Waals surface area contributed by atoms with Crippen LogP contribution in [0.3, 0.4) is 0 Å². The Labute approximate surface area is 168 Å². The lowest BCUT2D eigenvalue weighted by Crippen LogP contribution is -2.28. The van der Waals surface area contributed by atoms with Crippen LogP contribution in [-0.4, -0.2) is 43.6 Å². The van der Waals surface area contributed by atoms with E-state index in [4.69, 9.17) is 26.4 Å². The topological polar surface area (TPSA) is 97.3 Å². The predicted octanol–water partition coefficient (Wildman–Crippen LogP) is 1.93. The Hall–Kier alpha value is -2.83. The van der Waals surface area contributed by atoms with Crippen LogP contribution in [0.1, 0.15) is 37.4 Å². The lowest BCUT2D eigenvalue weighted by molar-refractivity contribution is -0.190. The first-order valence-corrected chi connectivity index (χ1v) is 9.44. The molecule has 2 aromatic heterocycles. The maximum atomic E-state index is 6.47. The summed E-state index contributed by atoms with van der Waals surface area (Å²) in [5.41, 5.74) is 9.28. The number of nitrogens with two attached hydrogens (primary N) is 1. The zero-order valence-corrected chi connectivity index (χ0v) is 16.1. The molecule has 29 heavy (non-hydrogen) atoms. The van der Waals surface area contributed by atoms with Crippen molar-refractivity contribution in [2.45, 2.75) is 50.2 Å². The Balaban J connectivity index is 1.55. The molecule has 0 aliphatic carbocycles. The molecule has 148 valence electrons. The SMILES string of the molecule is C#C[C@H]1O[C@@H](n2cnc3c(C(N)c4ccccc4)ncnc32)[C@@H]2OC(C)(C)O[C@@H]21. The van der Waals surface area contributed by atoms with E-state index in [0.717, 1.165) is 5.56 Å². The van der Waals surface area contributed by atoms with Gasteiger partial charge in [0.25, 0.3) is 0 Å². The van der Waals surface area contributed by atoms with Gasteiger partial charge in [0, 0.05) is 0 Å². The first kappa shape index (κ1) is 18.2. The van der Waals surface area contributed by atoms with E-state index < -0.39 is 24.2 Å². The predicted molar refractivity (Wildman–Crippen MR) is 104 cm³/mol. The third-order valence-corrected chi connectivity index (χ3v) is 5.31. The lowest BCUT2D eigenvalue weighted by Gasteiger charge is -2.23. The van der Waals surface area contributed by atoms with E-state index in [1.807, 2.05) is 48.7 Å². The minimum atomic E-state index is -0.737. The molecule has 0 radical (unpaired) electrons. The van der Waals surface area contributed by atoms with Crippen LogP contribution in [0.25, 0.3) is 11.2 Å². The summed E-state index contributed by atoms with van der Waals surface area (Å²) in [5.74, 6) is 1.91. The molecule has 2 aliphatic rings. The molecule has 8 nitrogen and oxygen atoms in total. The first-order valence-electron chi connectivity index (χ1n) is 9.44. The van der Waals surface area contributed by atoms with E-state index in [-0.39, 0.29) is 12.2 Å². The van der Waals surface area contributed by atoms with Gasteiger partial charge in [0.15, 0.2) is 17.7 Å². The molecule has 1 unspecified atom stereocenters. The number of hydrogen-bond donors (Lipinski definition) is 1. The van der Waals surface area contributed by atoms with Crippen LogP contribution in [0.2, 0.25) is 0 Å². The van der Waals surface area contributed by atoms with Gasteiger partial charge in [-0.3, -0.25) is 4.57 Å².